The van der Waals surface area contributed by atoms with Crippen molar-refractivity contribution in [2.75, 3.05) is 13.3 Å². The van der Waals surface area contributed by atoms with E-state index in [0.29, 0.717) is 13.0 Å². The lowest BCUT2D eigenvalue weighted by Crippen LogP contribution is -1.98. The molecule has 0 amide bonds. The van der Waals surface area contributed by atoms with Gasteiger partial charge in [0.05, 0.1) is 19.5 Å². The highest BCUT2D eigenvalue weighted by Gasteiger charge is 1.93. The minimum Gasteiger partial charge on any atom is -0.493 e. The summed E-state index contributed by atoms with van der Waals surface area (Å²) in [5.41, 5.74) is 0.908. The predicted molar refractivity (Wildman–Crippen MR) is 54.3 cm³/mol. The van der Waals surface area contributed by atoms with Crippen molar-refractivity contribution in [2.45, 2.75) is 6.42 Å². The zero-order valence-electron chi connectivity index (χ0n) is 7.82. The summed E-state index contributed by atoms with van der Waals surface area (Å²) in [4.78, 5) is 0. The molecule has 14 heavy (non-hydrogen) atoms. The molecule has 0 spiro atoms. The van der Waals surface area contributed by atoms with Gasteiger partial charge in [0.2, 0.25) is 0 Å². The van der Waals surface area contributed by atoms with Crippen LogP contribution in [0.25, 0.3) is 0 Å². The number of benzene rings is 1. The van der Waals surface area contributed by atoms with Crippen LogP contribution in [-0.2, 0) is 0 Å². The number of halogens is 1. The fourth-order valence-electron chi connectivity index (χ4n) is 0.981. The second-order valence-electron chi connectivity index (χ2n) is 2.74. The number of hydrogen-bond donors (Lipinski definition) is 1. The third kappa shape index (κ3) is 3.43. The number of ether oxygens (including phenoxy) is 1. The lowest BCUT2D eigenvalue weighted by Gasteiger charge is -2.04. The first kappa shape index (κ1) is 10.5. The maximum absolute atomic E-state index is 11.7. The van der Waals surface area contributed by atoms with Crippen molar-refractivity contribution in [2.24, 2.45) is 10.9 Å². The summed E-state index contributed by atoms with van der Waals surface area (Å²) >= 11 is 0. The van der Waals surface area contributed by atoms with Gasteiger partial charge in [0.1, 0.15) is 5.75 Å². The van der Waals surface area contributed by atoms with Gasteiger partial charge in [-0.05, 0) is 29.8 Å². The summed E-state index contributed by atoms with van der Waals surface area (Å²) in [6.45, 7) is 0.0543. The van der Waals surface area contributed by atoms with Crippen molar-refractivity contribution < 1.29 is 9.13 Å². The Morgan fingerprint density at radius 2 is 2.07 bits per heavy atom. The van der Waals surface area contributed by atoms with Crippen molar-refractivity contribution in [1.82, 2.24) is 0 Å². The minimum atomic E-state index is -0.349. The van der Waals surface area contributed by atoms with E-state index < -0.39 is 0 Å². The van der Waals surface area contributed by atoms with E-state index in [-0.39, 0.29) is 6.67 Å². The SMILES string of the molecule is NN=Cc1ccc(OCCCF)cc1. The maximum Gasteiger partial charge on any atom is 0.119 e. The predicted octanol–water partition coefficient (Wildman–Crippen LogP) is 1.72. The average Bonchev–Trinajstić information content (AvgIpc) is 2.21. The number of rotatable bonds is 5. The molecular weight excluding hydrogens is 183 g/mol. The Bertz CT molecular complexity index is 285. The molecule has 2 N–H and O–H groups in total. The van der Waals surface area contributed by atoms with Gasteiger partial charge in [0.25, 0.3) is 0 Å². The van der Waals surface area contributed by atoms with Gasteiger partial charge in [-0.25, -0.2) is 0 Å². The summed E-state index contributed by atoms with van der Waals surface area (Å²) in [5, 5.41) is 3.40. The van der Waals surface area contributed by atoms with Gasteiger partial charge in [-0.1, -0.05) is 0 Å². The third-order valence-electron chi connectivity index (χ3n) is 1.65. The number of nitrogens with zero attached hydrogens (tertiary/aromatic N) is 1. The molecule has 4 heteroatoms. The maximum atomic E-state index is 11.7. The van der Waals surface area contributed by atoms with E-state index in [2.05, 4.69) is 5.10 Å². The smallest absolute Gasteiger partial charge is 0.119 e. The standard InChI is InChI=1S/C10H13FN2O/c11-6-1-7-14-10-4-2-9(3-5-10)8-13-12/h2-5,8H,1,6-7,12H2. The van der Waals surface area contributed by atoms with E-state index in [1.54, 1.807) is 18.3 Å². The molecule has 0 bridgehead atoms. The number of hydrogen-bond acceptors (Lipinski definition) is 3. The van der Waals surface area contributed by atoms with Crippen LogP contribution >= 0.6 is 0 Å². The molecule has 0 aliphatic carbocycles. The molecule has 76 valence electrons. The Hall–Kier alpha value is -1.58. The fourth-order valence-corrected chi connectivity index (χ4v) is 0.981. The monoisotopic (exact) mass is 196 g/mol. The van der Waals surface area contributed by atoms with Crippen LogP contribution in [0.3, 0.4) is 0 Å². The molecule has 1 rings (SSSR count). The van der Waals surface area contributed by atoms with Gasteiger partial charge in [0, 0.05) is 6.42 Å². The molecule has 0 unspecified atom stereocenters. The molecule has 0 atom stereocenters. The highest BCUT2D eigenvalue weighted by atomic mass is 19.1. The van der Waals surface area contributed by atoms with Crippen LogP contribution < -0.4 is 10.6 Å². The molecule has 0 radical (unpaired) electrons. The van der Waals surface area contributed by atoms with Crippen LogP contribution in [0, 0.1) is 0 Å². The van der Waals surface area contributed by atoms with E-state index in [1.165, 1.54) is 0 Å². The molecule has 0 fully saturated rings. The fraction of sp³-hybridized carbons (Fsp3) is 0.300. The minimum absolute atomic E-state index is 0.349. The van der Waals surface area contributed by atoms with Crippen LogP contribution in [0.2, 0.25) is 0 Å². The van der Waals surface area contributed by atoms with Crippen molar-refractivity contribution in [3.63, 3.8) is 0 Å². The third-order valence-corrected chi connectivity index (χ3v) is 1.65. The highest BCUT2D eigenvalue weighted by molar-refractivity contribution is 5.79. The quantitative estimate of drug-likeness (QED) is 0.337. The number of nitrogens with two attached hydrogens (primary N) is 1. The second-order valence-corrected chi connectivity index (χ2v) is 2.74. The van der Waals surface area contributed by atoms with E-state index in [0.717, 1.165) is 11.3 Å². The van der Waals surface area contributed by atoms with Crippen LogP contribution in [0.15, 0.2) is 29.4 Å². The molecular formula is C10H13FN2O. The summed E-state index contributed by atoms with van der Waals surface area (Å²) in [5.74, 6) is 5.72. The molecule has 0 saturated heterocycles. The molecule has 0 saturated carbocycles. The van der Waals surface area contributed by atoms with Gasteiger partial charge in [0.15, 0.2) is 0 Å². The van der Waals surface area contributed by atoms with Crippen molar-refractivity contribution in [3.05, 3.63) is 29.8 Å². The second kappa shape index (κ2) is 5.96. The number of alkyl halides is 1. The van der Waals surface area contributed by atoms with Gasteiger partial charge in [-0.3, -0.25) is 4.39 Å². The van der Waals surface area contributed by atoms with Gasteiger partial charge in [-0.2, -0.15) is 5.10 Å². The number of hydrazone groups is 1. The van der Waals surface area contributed by atoms with E-state index in [1.807, 2.05) is 12.1 Å². The zero-order chi connectivity index (χ0) is 10.2. The topological polar surface area (TPSA) is 47.6 Å². The van der Waals surface area contributed by atoms with Crippen LogP contribution in [0.5, 0.6) is 5.75 Å². The Balaban J connectivity index is 2.46. The summed E-state index contributed by atoms with van der Waals surface area (Å²) in [7, 11) is 0. The molecule has 0 aromatic heterocycles. The van der Waals surface area contributed by atoms with Crippen molar-refractivity contribution in [1.29, 1.82) is 0 Å². The summed E-state index contributed by atoms with van der Waals surface area (Å²) in [6.07, 6.45) is 1.97. The lowest BCUT2D eigenvalue weighted by molar-refractivity contribution is 0.289. The van der Waals surface area contributed by atoms with Gasteiger partial charge in [-0.15, -0.1) is 0 Å². The average molecular weight is 196 g/mol. The van der Waals surface area contributed by atoms with Crippen LogP contribution in [0.1, 0.15) is 12.0 Å². The largest absolute Gasteiger partial charge is 0.493 e. The van der Waals surface area contributed by atoms with Crippen LogP contribution in [-0.4, -0.2) is 19.5 Å². The molecule has 1 aromatic rings. The first-order valence-corrected chi connectivity index (χ1v) is 4.39. The Morgan fingerprint density at radius 1 is 1.36 bits per heavy atom. The molecule has 0 heterocycles. The Morgan fingerprint density at radius 3 is 2.64 bits per heavy atom. The first-order chi connectivity index (χ1) is 6.86. The van der Waals surface area contributed by atoms with Gasteiger partial charge < -0.3 is 10.6 Å². The zero-order valence-corrected chi connectivity index (χ0v) is 7.82. The van der Waals surface area contributed by atoms with Crippen molar-refractivity contribution >= 4 is 6.21 Å². The van der Waals surface area contributed by atoms with E-state index in [4.69, 9.17) is 10.6 Å². The molecule has 0 aliphatic heterocycles. The highest BCUT2D eigenvalue weighted by Crippen LogP contribution is 2.11. The molecule has 1 aromatic carbocycles. The van der Waals surface area contributed by atoms with Gasteiger partial charge >= 0.3 is 0 Å². The van der Waals surface area contributed by atoms with Crippen LogP contribution in [0.4, 0.5) is 4.39 Å². The lowest BCUT2D eigenvalue weighted by atomic mass is 10.2. The Labute approximate surface area is 82.4 Å². The summed E-state index contributed by atoms with van der Waals surface area (Å²) in [6, 6.07) is 7.27. The first-order valence-electron chi connectivity index (χ1n) is 4.39. The van der Waals surface area contributed by atoms with E-state index >= 15 is 0 Å². The normalized spacial score (nSPS) is 10.6. The Kier molecular flexibility index (Phi) is 4.47. The van der Waals surface area contributed by atoms with Crippen molar-refractivity contribution in [3.8, 4) is 5.75 Å². The molecule has 0 aliphatic rings. The molecule has 3 nitrogen and oxygen atoms in total. The summed E-state index contributed by atoms with van der Waals surface area (Å²) < 4.78 is 17.0. The van der Waals surface area contributed by atoms with E-state index in [9.17, 15) is 4.39 Å².